The number of non-ortho nitro benzene ring substituents is 1. The van der Waals surface area contributed by atoms with Crippen LogP contribution in [0, 0.1) is 10.1 Å². The molecule has 1 aromatic heterocycles. The van der Waals surface area contributed by atoms with Gasteiger partial charge in [0.15, 0.2) is 5.13 Å². The molecular formula is C16H10ClN3O5S2. The summed E-state index contributed by atoms with van der Waals surface area (Å²) in [5, 5.41) is 13.7. The van der Waals surface area contributed by atoms with Gasteiger partial charge in [0, 0.05) is 22.7 Å². The summed E-state index contributed by atoms with van der Waals surface area (Å²) >= 11 is 6.61. The molecule has 1 heterocycles. The Morgan fingerprint density at radius 2 is 1.89 bits per heavy atom. The van der Waals surface area contributed by atoms with Crippen molar-refractivity contribution < 1.29 is 18.1 Å². The lowest BCUT2D eigenvalue weighted by molar-refractivity contribution is -0.384. The van der Waals surface area contributed by atoms with E-state index in [1.54, 1.807) is 18.2 Å². The third-order valence-electron chi connectivity index (χ3n) is 3.41. The second kappa shape index (κ2) is 7.43. The molecule has 8 nitrogen and oxygen atoms in total. The summed E-state index contributed by atoms with van der Waals surface area (Å²) in [5.41, 5.74) is 0.0882. The maximum absolute atomic E-state index is 12.6. The monoisotopic (exact) mass is 423 g/mol. The van der Waals surface area contributed by atoms with E-state index in [1.165, 1.54) is 6.07 Å². The molecule has 3 aromatic rings. The summed E-state index contributed by atoms with van der Waals surface area (Å²) in [6.07, 6.45) is 1.12. The lowest BCUT2D eigenvalue weighted by atomic mass is 10.2. The molecule has 0 atom stereocenters. The fourth-order valence-corrected chi connectivity index (χ4v) is 4.72. The molecule has 0 aliphatic rings. The summed E-state index contributed by atoms with van der Waals surface area (Å²) in [5.74, 6) is -0.480. The Hall–Kier alpha value is -2.82. The molecule has 3 rings (SSSR count). The number of amides is 1. The molecule has 11 heteroatoms. The van der Waals surface area contributed by atoms with Crippen LogP contribution in [0.1, 0.15) is 10.4 Å². The van der Waals surface area contributed by atoms with Gasteiger partial charge in [0.1, 0.15) is 4.21 Å². The number of hydrogen-bond acceptors (Lipinski definition) is 7. The highest BCUT2D eigenvalue weighted by Crippen LogP contribution is 2.29. The number of nitrogens with zero attached hydrogens (tertiary/aromatic N) is 2. The molecule has 0 aliphatic carbocycles. The second-order valence-corrected chi connectivity index (χ2v) is 8.85. The third kappa shape index (κ3) is 4.13. The number of hydrogen-bond donors (Lipinski definition) is 1. The van der Waals surface area contributed by atoms with Crippen LogP contribution < -0.4 is 5.32 Å². The molecule has 0 unspecified atom stereocenters. The summed E-state index contributed by atoms with van der Waals surface area (Å²) in [6, 6.07) is 10.8. The zero-order valence-electron chi connectivity index (χ0n) is 13.3. The molecule has 0 aliphatic heterocycles. The molecule has 0 fully saturated rings. The Kier molecular flexibility index (Phi) is 5.22. The normalized spacial score (nSPS) is 11.1. The van der Waals surface area contributed by atoms with Crippen molar-refractivity contribution in [2.45, 2.75) is 9.10 Å². The fraction of sp³-hybridized carbons (Fsp3) is 0. The summed E-state index contributed by atoms with van der Waals surface area (Å²) < 4.78 is 25.1. The Labute approximate surface area is 162 Å². The van der Waals surface area contributed by atoms with Gasteiger partial charge in [-0.1, -0.05) is 29.0 Å². The molecule has 0 saturated carbocycles. The predicted octanol–water partition coefficient (Wildman–Crippen LogP) is 3.79. The summed E-state index contributed by atoms with van der Waals surface area (Å²) in [6.45, 7) is 0. The van der Waals surface area contributed by atoms with E-state index in [2.05, 4.69) is 10.3 Å². The first-order chi connectivity index (χ1) is 12.8. The standard InChI is InChI=1S/C16H10ClN3O5S2/c17-11-3-1-2-10(8-11)15(21)19-16-18-9-14(26-16)27(24,25)13-6-4-12(5-7-13)20(22)23/h1-9H,(H,18,19,21). The number of anilines is 1. The minimum Gasteiger partial charge on any atom is -0.298 e. The maximum Gasteiger partial charge on any atom is 0.269 e. The van der Waals surface area contributed by atoms with Gasteiger partial charge in [-0.2, -0.15) is 0 Å². The van der Waals surface area contributed by atoms with E-state index in [4.69, 9.17) is 11.6 Å². The number of carbonyl (C=O) groups excluding carboxylic acids is 1. The highest BCUT2D eigenvalue weighted by Gasteiger charge is 2.22. The number of benzene rings is 2. The van der Waals surface area contributed by atoms with Crippen molar-refractivity contribution in [1.29, 1.82) is 0 Å². The van der Waals surface area contributed by atoms with Crippen LogP contribution in [0.3, 0.4) is 0 Å². The number of nitro groups is 1. The van der Waals surface area contributed by atoms with Gasteiger partial charge >= 0.3 is 0 Å². The molecule has 0 spiro atoms. The Bertz CT molecular complexity index is 1130. The molecule has 1 amide bonds. The number of thiazole rings is 1. The van der Waals surface area contributed by atoms with Crippen molar-refractivity contribution in [3.05, 3.63) is 75.4 Å². The highest BCUT2D eigenvalue weighted by atomic mass is 35.5. The van der Waals surface area contributed by atoms with Crippen molar-refractivity contribution in [2.75, 3.05) is 5.32 Å². The van der Waals surface area contributed by atoms with E-state index in [1.807, 2.05) is 0 Å². The second-order valence-electron chi connectivity index (χ2n) is 5.20. The van der Waals surface area contributed by atoms with Crippen LogP contribution in [-0.4, -0.2) is 24.2 Å². The van der Waals surface area contributed by atoms with Crippen molar-refractivity contribution >= 4 is 49.5 Å². The smallest absolute Gasteiger partial charge is 0.269 e. The number of sulfone groups is 1. The molecule has 0 saturated heterocycles. The van der Waals surface area contributed by atoms with Gasteiger partial charge in [0.2, 0.25) is 9.84 Å². The lowest BCUT2D eigenvalue weighted by Crippen LogP contribution is -2.11. The van der Waals surface area contributed by atoms with E-state index >= 15 is 0 Å². The molecule has 138 valence electrons. The first-order valence-corrected chi connectivity index (χ1v) is 9.97. The SMILES string of the molecule is O=C(Nc1ncc(S(=O)(=O)c2ccc([N+](=O)[O-])cc2)s1)c1cccc(Cl)c1. The van der Waals surface area contributed by atoms with Gasteiger partial charge in [-0.15, -0.1) is 0 Å². The van der Waals surface area contributed by atoms with E-state index in [-0.39, 0.29) is 19.9 Å². The van der Waals surface area contributed by atoms with Crippen LogP contribution in [0.5, 0.6) is 0 Å². The molecule has 27 heavy (non-hydrogen) atoms. The molecule has 0 radical (unpaired) electrons. The van der Waals surface area contributed by atoms with Crippen LogP contribution in [0.4, 0.5) is 10.8 Å². The molecule has 1 N–H and O–H groups in total. The maximum atomic E-state index is 12.6. The predicted molar refractivity (Wildman–Crippen MR) is 100 cm³/mol. The first-order valence-electron chi connectivity index (χ1n) is 7.29. The minimum atomic E-state index is -3.91. The average molecular weight is 424 g/mol. The van der Waals surface area contributed by atoms with Gasteiger partial charge in [0.05, 0.1) is 16.0 Å². The van der Waals surface area contributed by atoms with Crippen molar-refractivity contribution in [3.8, 4) is 0 Å². The molecule has 0 bridgehead atoms. The van der Waals surface area contributed by atoms with Crippen molar-refractivity contribution in [1.82, 2.24) is 4.98 Å². The quantitative estimate of drug-likeness (QED) is 0.492. The van der Waals surface area contributed by atoms with Crippen LogP contribution in [-0.2, 0) is 9.84 Å². The zero-order chi connectivity index (χ0) is 19.6. The van der Waals surface area contributed by atoms with Gasteiger partial charge in [-0.05, 0) is 30.3 Å². The van der Waals surface area contributed by atoms with Crippen LogP contribution in [0.2, 0.25) is 5.02 Å². The first kappa shape index (κ1) is 19.0. The highest BCUT2D eigenvalue weighted by molar-refractivity contribution is 7.93. The minimum absolute atomic E-state index is 0.0977. The fourth-order valence-electron chi connectivity index (χ4n) is 2.10. The Balaban J connectivity index is 1.82. The lowest BCUT2D eigenvalue weighted by Gasteiger charge is -2.02. The largest absolute Gasteiger partial charge is 0.298 e. The van der Waals surface area contributed by atoms with Gasteiger partial charge < -0.3 is 0 Å². The number of rotatable bonds is 5. The van der Waals surface area contributed by atoms with Gasteiger partial charge in [0.25, 0.3) is 11.6 Å². The van der Waals surface area contributed by atoms with Gasteiger partial charge in [-0.3, -0.25) is 20.2 Å². The zero-order valence-corrected chi connectivity index (χ0v) is 15.7. The summed E-state index contributed by atoms with van der Waals surface area (Å²) in [7, 11) is -3.91. The van der Waals surface area contributed by atoms with E-state index < -0.39 is 20.7 Å². The number of nitrogens with one attached hydrogen (secondary N) is 1. The molecular weight excluding hydrogens is 414 g/mol. The van der Waals surface area contributed by atoms with E-state index in [0.717, 1.165) is 41.8 Å². The van der Waals surface area contributed by atoms with E-state index in [0.29, 0.717) is 10.6 Å². The van der Waals surface area contributed by atoms with E-state index in [9.17, 15) is 23.3 Å². The van der Waals surface area contributed by atoms with Crippen molar-refractivity contribution in [2.24, 2.45) is 0 Å². The van der Waals surface area contributed by atoms with Crippen molar-refractivity contribution in [3.63, 3.8) is 0 Å². The number of halogens is 1. The number of aromatic nitrogens is 1. The number of carbonyl (C=O) groups is 1. The third-order valence-corrected chi connectivity index (χ3v) is 6.79. The van der Waals surface area contributed by atoms with Gasteiger partial charge in [-0.25, -0.2) is 13.4 Å². The topological polar surface area (TPSA) is 119 Å². The Morgan fingerprint density at radius 1 is 1.19 bits per heavy atom. The number of nitro benzene ring substituents is 1. The van der Waals surface area contributed by atoms with Crippen LogP contribution in [0.25, 0.3) is 0 Å². The van der Waals surface area contributed by atoms with Crippen LogP contribution in [0.15, 0.2) is 63.8 Å². The summed E-state index contributed by atoms with van der Waals surface area (Å²) in [4.78, 5) is 26.0. The average Bonchev–Trinajstić information content (AvgIpc) is 3.11. The van der Waals surface area contributed by atoms with Crippen LogP contribution >= 0.6 is 22.9 Å². The Morgan fingerprint density at radius 3 is 2.52 bits per heavy atom. The molecule has 2 aromatic carbocycles.